The number of nitrogens with one attached hydrogen (secondary N) is 1. The fraction of sp³-hybridized carbons (Fsp3) is 0.733. The first-order valence-electron chi connectivity index (χ1n) is 7.71. The minimum atomic E-state index is -0.210. The number of nitrogens with zero attached hydrogens (tertiary/aromatic N) is 3. The van der Waals surface area contributed by atoms with Gasteiger partial charge in [0.05, 0.1) is 0 Å². The topological polar surface area (TPSA) is 50.2 Å². The van der Waals surface area contributed by atoms with Crippen LogP contribution in [0.1, 0.15) is 39.2 Å². The lowest BCUT2D eigenvalue weighted by Gasteiger charge is -2.31. The van der Waals surface area contributed by atoms with Crippen molar-refractivity contribution in [2.75, 3.05) is 26.2 Å². The molecule has 2 rings (SSSR count). The van der Waals surface area contributed by atoms with Crippen LogP contribution in [0.2, 0.25) is 0 Å². The van der Waals surface area contributed by atoms with Crippen LogP contribution in [0.5, 0.6) is 0 Å². The van der Waals surface area contributed by atoms with Crippen LogP contribution in [0.3, 0.4) is 0 Å². The molecule has 1 N–H and O–H groups in total. The highest BCUT2D eigenvalue weighted by Crippen LogP contribution is 2.17. The van der Waals surface area contributed by atoms with Crippen LogP contribution < -0.4 is 5.32 Å². The second kappa shape index (κ2) is 7.43. The van der Waals surface area contributed by atoms with Gasteiger partial charge in [0.15, 0.2) is 0 Å². The van der Waals surface area contributed by atoms with Crippen LogP contribution >= 0.6 is 0 Å². The minimum absolute atomic E-state index is 0.189. The molecule has 0 bridgehead atoms. The van der Waals surface area contributed by atoms with E-state index in [-0.39, 0.29) is 11.9 Å². The molecule has 1 aromatic rings. The van der Waals surface area contributed by atoms with E-state index in [2.05, 4.69) is 17.3 Å². The lowest BCUT2D eigenvalue weighted by atomic mass is 9.97. The van der Waals surface area contributed by atoms with Gasteiger partial charge >= 0.3 is 0 Å². The Kier molecular flexibility index (Phi) is 5.59. The number of carbonyl (C=O) groups excluding carboxylic acids is 1. The summed E-state index contributed by atoms with van der Waals surface area (Å²) in [6.45, 7) is 7.94. The van der Waals surface area contributed by atoms with Crippen LogP contribution in [0, 0.1) is 5.92 Å². The van der Waals surface area contributed by atoms with Gasteiger partial charge in [-0.3, -0.25) is 9.48 Å². The zero-order valence-corrected chi connectivity index (χ0v) is 12.6. The number of amides is 1. The third-order valence-electron chi connectivity index (χ3n) is 4.02. The quantitative estimate of drug-likeness (QED) is 0.861. The maximum absolute atomic E-state index is 12.7. The maximum atomic E-state index is 12.7. The molecule has 2 heterocycles. The van der Waals surface area contributed by atoms with Gasteiger partial charge in [-0.1, -0.05) is 6.92 Å². The number of aromatic nitrogens is 2. The molecule has 1 aromatic heterocycles. The van der Waals surface area contributed by atoms with Crippen molar-refractivity contribution in [1.82, 2.24) is 20.0 Å². The molecule has 1 amide bonds. The third kappa shape index (κ3) is 3.82. The summed E-state index contributed by atoms with van der Waals surface area (Å²) in [6, 6.07) is 1.65. The van der Waals surface area contributed by atoms with E-state index in [0.29, 0.717) is 5.92 Å². The van der Waals surface area contributed by atoms with Crippen molar-refractivity contribution in [1.29, 1.82) is 0 Å². The molecule has 1 aliphatic heterocycles. The fourth-order valence-corrected chi connectivity index (χ4v) is 2.82. The van der Waals surface area contributed by atoms with Crippen LogP contribution in [-0.2, 0) is 4.79 Å². The molecule has 1 fully saturated rings. The number of hydrogen-bond acceptors (Lipinski definition) is 3. The van der Waals surface area contributed by atoms with E-state index in [1.165, 1.54) is 12.8 Å². The first-order chi connectivity index (χ1) is 9.72. The summed E-state index contributed by atoms with van der Waals surface area (Å²) in [6.07, 6.45) is 6.92. The number of piperidine rings is 1. The number of rotatable bonds is 6. The van der Waals surface area contributed by atoms with Gasteiger partial charge in [0.2, 0.25) is 5.91 Å². The Balaban J connectivity index is 1.97. The molecule has 5 heteroatoms. The van der Waals surface area contributed by atoms with Crippen LogP contribution in [-0.4, -0.2) is 46.8 Å². The summed E-state index contributed by atoms with van der Waals surface area (Å²) in [5.74, 6) is 0.825. The molecule has 1 aliphatic rings. The average molecular weight is 278 g/mol. The van der Waals surface area contributed by atoms with Gasteiger partial charge in [-0.25, -0.2) is 0 Å². The standard InChI is InChI=1S/C15H26N4O/c1-3-10-18(12-14-5-8-16-9-6-14)15(20)13(2)19-11-4-7-17-19/h4,7,11,13-14,16H,3,5-6,8-10,12H2,1-2H3. The maximum Gasteiger partial charge on any atom is 0.247 e. The van der Waals surface area contributed by atoms with E-state index in [4.69, 9.17) is 0 Å². The highest BCUT2D eigenvalue weighted by molar-refractivity contribution is 5.80. The van der Waals surface area contributed by atoms with Crippen molar-refractivity contribution in [3.63, 3.8) is 0 Å². The highest BCUT2D eigenvalue weighted by Gasteiger charge is 2.24. The second-order valence-corrected chi connectivity index (χ2v) is 5.64. The lowest BCUT2D eigenvalue weighted by Crippen LogP contribution is -2.42. The molecule has 0 saturated carbocycles. The van der Waals surface area contributed by atoms with Crippen molar-refractivity contribution >= 4 is 5.91 Å². The van der Waals surface area contributed by atoms with Crippen molar-refractivity contribution in [2.45, 2.75) is 39.2 Å². The Morgan fingerprint density at radius 2 is 2.25 bits per heavy atom. The summed E-state index contributed by atoms with van der Waals surface area (Å²) in [4.78, 5) is 14.7. The smallest absolute Gasteiger partial charge is 0.247 e. The molecule has 0 aliphatic carbocycles. The van der Waals surface area contributed by atoms with E-state index in [0.717, 1.165) is 32.6 Å². The van der Waals surface area contributed by atoms with Crippen molar-refractivity contribution < 1.29 is 4.79 Å². The van der Waals surface area contributed by atoms with Gasteiger partial charge in [-0.2, -0.15) is 5.10 Å². The molecule has 5 nitrogen and oxygen atoms in total. The monoisotopic (exact) mass is 278 g/mol. The summed E-state index contributed by atoms with van der Waals surface area (Å²) in [7, 11) is 0. The number of hydrogen-bond donors (Lipinski definition) is 1. The molecule has 0 spiro atoms. The van der Waals surface area contributed by atoms with Gasteiger partial charge < -0.3 is 10.2 Å². The largest absolute Gasteiger partial charge is 0.341 e. The van der Waals surface area contributed by atoms with Gasteiger partial charge in [0, 0.05) is 25.5 Å². The third-order valence-corrected chi connectivity index (χ3v) is 4.02. The summed E-state index contributed by atoms with van der Waals surface area (Å²) in [5, 5.41) is 7.56. The lowest BCUT2D eigenvalue weighted by molar-refractivity contribution is -0.135. The van der Waals surface area contributed by atoms with E-state index in [9.17, 15) is 4.79 Å². The SMILES string of the molecule is CCCN(CC1CCNCC1)C(=O)C(C)n1cccn1. The molecule has 1 unspecified atom stereocenters. The molecule has 20 heavy (non-hydrogen) atoms. The Labute approximate surface area is 121 Å². The molecule has 1 saturated heterocycles. The van der Waals surface area contributed by atoms with Crippen LogP contribution in [0.15, 0.2) is 18.5 Å². The Bertz CT molecular complexity index is 398. The van der Waals surface area contributed by atoms with E-state index >= 15 is 0 Å². The molecular weight excluding hydrogens is 252 g/mol. The Morgan fingerprint density at radius 1 is 1.50 bits per heavy atom. The molecule has 0 radical (unpaired) electrons. The van der Waals surface area contributed by atoms with E-state index in [1.807, 2.05) is 24.1 Å². The predicted octanol–water partition coefficient (Wildman–Crippen LogP) is 1.68. The fourth-order valence-electron chi connectivity index (χ4n) is 2.82. The zero-order chi connectivity index (χ0) is 14.4. The minimum Gasteiger partial charge on any atom is -0.341 e. The summed E-state index contributed by atoms with van der Waals surface area (Å²) in [5.41, 5.74) is 0. The molecule has 0 aromatic carbocycles. The Morgan fingerprint density at radius 3 is 2.85 bits per heavy atom. The van der Waals surface area contributed by atoms with Crippen molar-refractivity contribution in [3.05, 3.63) is 18.5 Å². The second-order valence-electron chi connectivity index (χ2n) is 5.64. The molecular formula is C15H26N4O. The van der Waals surface area contributed by atoms with Crippen LogP contribution in [0.4, 0.5) is 0 Å². The van der Waals surface area contributed by atoms with Gasteiger partial charge in [0.1, 0.15) is 6.04 Å². The number of carbonyl (C=O) groups is 1. The normalized spacial score (nSPS) is 17.9. The van der Waals surface area contributed by atoms with E-state index in [1.54, 1.807) is 10.9 Å². The van der Waals surface area contributed by atoms with Gasteiger partial charge in [-0.05, 0) is 51.3 Å². The van der Waals surface area contributed by atoms with Crippen molar-refractivity contribution in [3.8, 4) is 0 Å². The van der Waals surface area contributed by atoms with Crippen LogP contribution in [0.25, 0.3) is 0 Å². The van der Waals surface area contributed by atoms with Gasteiger partial charge in [0.25, 0.3) is 0 Å². The highest BCUT2D eigenvalue weighted by atomic mass is 16.2. The molecule has 112 valence electrons. The van der Waals surface area contributed by atoms with Crippen molar-refractivity contribution in [2.24, 2.45) is 5.92 Å². The Hall–Kier alpha value is -1.36. The van der Waals surface area contributed by atoms with Gasteiger partial charge in [-0.15, -0.1) is 0 Å². The predicted molar refractivity (Wildman–Crippen MR) is 79.4 cm³/mol. The zero-order valence-electron chi connectivity index (χ0n) is 12.6. The first-order valence-corrected chi connectivity index (χ1v) is 7.71. The summed E-state index contributed by atoms with van der Waals surface area (Å²) < 4.78 is 1.74. The first kappa shape index (κ1) is 15.0. The molecule has 1 atom stereocenters. The summed E-state index contributed by atoms with van der Waals surface area (Å²) >= 11 is 0. The average Bonchev–Trinajstić information content (AvgIpc) is 3.00. The van der Waals surface area contributed by atoms with E-state index < -0.39 is 0 Å².